The molecule has 0 unspecified atom stereocenters. The fourth-order valence-corrected chi connectivity index (χ4v) is 1.07. The lowest BCUT2D eigenvalue weighted by Crippen LogP contribution is -1.99. The predicted octanol–water partition coefficient (Wildman–Crippen LogP) is 1.25. The van der Waals surface area contributed by atoms with Crippen LogP contribution in [0.1, 0.15) is 12.6 Å². The Kier molecular flexibility index (Phi) is 4.32. The monoisotopic (exact) mass is 222 g/mol. The molecule has 0 aromatic carbocycles. The van der Waals surface area contributed by atoms with Gasteiger partial charge in [0.15, 0.2) is 0 Å². The van der Waals surface area contributed by atoms with Crippen LogP contribution in [-0.4, -0.2) is 24.7 Å². The van der Waals surface area contributed by atoms with Gasteiger partial charge >= 0.3 is 5.97 Å². The van der Waals surface area contributed by atoms with E-state index >= 15 is 0 Å². The number of hydrogen-bond donors (Lipinski definition) is 1. The van der Waals surface area contributed by atoms with Crippen molar-refractivity contribution in [2.24, 2.45) is 0 Å². The number of anilines is 1. The summed E-state index contributed by atoms with van der Waals surface area (Å²) in [5, 5.41) is 0. The molecule has 0 saturated carbocycles. The number of nitrogens with two attached hydrogens (primary N) is 1. The van der Waals surface area contributed by atoms with Crippen molar-refractivity contribution in [3.05, 3.63) is 23.9 Å². The van der Waals surface area contributed by atoms with E-state index in [9.17, 15) is 4.79 Å². The van der Waals surface area contributed by atoms with Gasteiger partial charge in [-0.2, -0.15) is 0 Å². The van der Waals surface area contributed by atoms with Gasteiger partial charge < -0.3 is 15.2 Å². The lowest BCUT2D eigenvalue weighted by atomic mass is 10.3. The molecule has 1 aromatic heterocycles. The predicted molar refractivity (Wildman–Crippen MR) is 60.9 cm³/mol. The van der Waals surface area contributed by atoms with Gasteiger partial charge in [-0.1, -0.05) is 0 Å². The van der Waals surface area contributed by atoms with Crippen LogP contribution in [0.3, 0.4) is 0 Å². The summed E-state index contributed by atoms with van der Waals surface area (Å²) < 4.78 is 9.69. The SMILES string of the molecule is CCOC(=O)/C=C/c1ccc(N)c(OC)n1. The summed E-state index contributed by atoms with van der Waals surface area (Å²) in [5.74, 6) is -0.0638. The van der Waals surface area contributed by atoms with Crippen LogP contribution in [-0.2, 0) is 9.53 Å². The van der Waals surface area contributed by atoms with Crippen LogP contribution >= 0.6 is 0 Å². The number of pyridine rings is 1. The number of carbonyl (C=O) groups excluding carboxylic acids is 1. The highest BCUT2D eigenvalue weighted by atomic mass is 16.5. The number of nitrogens with zero attached hydrogens (tertiary/aromatic N) is 1. The Balaban J connectivity index is 2.78. The van der Waals surface area contributed by atoms with Crippen molar-refractivity contribution >= 4 is 17.7 Å². The third-order valence-corrected chi connectivity index (χ3v) is 1.78. The van der Waals surface area contributed by atoms with Crippen LogP contribution in [0.2, 0.25) is 0 Å². The van der Waals surface area contributed by atoms with E-state index in [0.29, 0.717) is 23.9 Å². The highest BCUT2D eigenvalue weighted by molar-refractivity contribution is 5.86. The first-order valence-electron chi connectivity index (χ1n) is 4.82. The molecule has 0 amide bonds. The van der Waals surface area contributed by atoms with Crippen molar-refractivity contribution in [1.29, 1.82) is 0 Å². The molecule has 5 nitrogen and oxygen atoms in total. The number of ether oxygens (including phenoxy) is 2. The van der Waals surface area contributed by atoms with E-state index in [0.717, 1.165) is 0 Å². The highest BCUT2D eigenvalue weighted by Gasteiger charge is 2.01. The number of carbonyl (C=O) groups is 1. The quantitative estimate of drug-likeness (QED) is 0.613. The summed E-state index contributed by atoms with van der Waals surface area (Å²) in [4.78, 5) is 15.1. The maximum Gasteiger partial charge on any atom is 0.330 e. The summed E-state index contributed by atoms with van der Waals surface area (Å²) in [6.45, 7) is 2.10. The van der Waals surface area contributed by atoms with Gasteiger partial charge in [0.1, 0.15) is 0 Å². The molecule has 0 atom stereocenters. The Hall–Kier alpha value is -2.04. The van der Waals surface area contributed by atoms with Gasteiger partial charge in [0.25, 0.3) is 0 Å². The maximum atomic E-state index is 11.0. The first-order valence-corrected chi connectivity index (χ1v) is 4.82. The Morgan fingerprint density at radius 3 is 2.94 bits per heavy atom. The van der Waals surface area contributed by atoms with E-state index in [4.69, 9.17) is 15.2 Å². The molecule has 0 fully saturated rings. The van der Waals surface area contributed by atoms with E-state index in [2.05, 4.69) is 4.98 Å². The average Bonchev–Trinajstić information content (AvgIpc) is 2.28. The van der Waals surface area contributed by atoms with Crippen LogP contribution in [0.5, 0.6) is 5.88 Å². The summed E-state index contributed by atoms with van der Waals surface area (Å²) in [6, 6.07) is 3.35. The second-order valence-electron chi connectivity index (χ2n) is 2.92. The first-order chi connectivity index (χ1) is 7.67. The fraction of sp³-hybridized carbons (Fsp3) is 0.273. The molecule has 0 spiro atoms. The van der Waals surface area contributed by atoms with Crippen molar-refractivity contribution in [1.82, 2.24) is 4.98 Å². The minimum absolute atomic E-state index is 0.339. The molecule has 16 heavy (non-hydrogen) atoms. The molecular formula is C11H14N2O3. The zero-order chi connectivity index (χ0) is 12.0. The van der Waals surface area contributed by atoms with Crippen molar-refractivity contribution in [2.75, 3.05) is 19.5 Å². The van der Waals surface area contributed by atoms with Crippen LogP contribution in [0.4, 0.5) is 5.69 Å². The first kappa shape index (κ1) is 12.0. The number of methoxy groups -OCH3 is 1. The Labute approximate surface area is 93.9 Å². The number of hydrogen-bond acceptors (Lipinski definition) is 5. The molecule has 1 heterocycles. The smallest absolute Gasteiger partial charge is 0.330 e. The van der Waals surface area contributed by atoms with Gasteiger partial charge in [-0.05, 0) is 25.1 Å². The molecule has 1 rings (SSSR count). The van der Waals surface area contributed by atoms with E-state index in [-0.39, 0.29) is 0 Å². The minimum Gasteiger partial charge on any atom is -0.480 e. The van der Waals surface area contributed by atoms with Crippen molar-refractivity contribution in [3.8, 4) is 5.88 Å². The van der Waals surface area contributed by atoms with E-state index in [1.54, 1.807) is 25.1 Å². The summed E-state index contributed by atoms with van der Waals surface area (Å²) in [7, 11) is 1.48. The van der Waals surface area contributed by atoms with Gasteiger partial charge in [0.05, 0.1) is 25.1 Å². The second kappa shape index (κ2) is 5.75. The van der Waals surface area contributed by atoms with E-state index in [1.807, 2.05) is 0 Å². The second-order valence-corrected chi connectivity index (χ2v) is 2.92. The normalized spacial score (nSPS) is 10.4. The van der Waals surface area contributed by atoms with Crippen LogP contribution in [0.25, 0.3) is 6.08 Å². The molecule has 0 aliphatic rings. The van der Waals surface area contributed by atoms with Gasteiger partial charge in [-0.3, -0.25) is 0 Å². The molecule has 86 valence electrons. The van der Waals surface area contributed by atoms with Crippen LogP contribution < -0.4 is 10.5 Å². The van der Waals surface area contributed by atoms with Crippen molar-refractivity contribution in [3.63, 3.8) is 0 Å². The van der Waals surface area contributed by atoms with Crippen molar-refractivity contribution in [2.45, 2.75) is 6.92 Å². The zero-order valence-corrected chi connectivity index (χ0v) is 9.27. The Morgan fingerprint density at radius 2 is 2.31 bits per heavy atom. The molecule has 0 aliphatic heterocycles. The van der Waals surface area contributed by atoms with Crippen molar-refractivity contribution < 1.29 is 14.3 Å². The fourth-order valence-electron chi connectivity index (χ4n) is 1.07. The van der Waals surface area contributed by atoms with Gasteiger partial charge in [0, 0.05) is 6.08 Å². The third kappa shape index (κ3) is 3.27. The maximum absolute atomic E-state index is 11.0. The molecule has 0 radical (unpaired) electrons. The Morgan fingerprint density at radius 1 is 1.56 bits per heavy atom. The largest absolute Gasteiger partial charge is 0.480 e. The molecule has 0 aliphatic carbocycles. The topological polar surface area (TPSA) is 74.4 Å². The van der Waals surface area contributed by atoms with E-state index in [1.165, 1.54) is 13.2 Å². The summed E-state index contributed by atoms with van der Waals surface area (Å²) in [5.41, 5.74) is 6.64. The number of aromatic nitrogens is 1. The molecule has 5 heteroatoms. The zero-order valence-electron chi connectivity index (χ0n) is 9.27. The lowest BCUT2D eigenvalue weighted by molar-refractivity contribution is -0.137. The molecule has 0 bridgehead atoms. The lowest BCUT2D eigenvalue weighted by Gasteiger charge is -2.03. The van der Waals surface area contributed by atoms with Gasteiger partial charge in [-0.25, -0.2) is 9.78 Å². The van der Waals surface area contributed by atoms with Gasteiger partial charge in [0.2, 0.25) is 5.88 Å². The number of nitrogen functional groups attached to an aromatic ring is 1. The molecule has 2 N–H and O–H groups in total. The van der Waals surface area contributed by atoms with Gasteiger partial charge in [-0.15, -0.1) is 0 Å². The summed E-state index contributed by atoms with van der Waals surface area (Å²) in [6.07, 6.45) is 2.85. The standard InChI is InChI=1S/C11H14N2O3/c1-3-16-10(14)7-5-8-4-6-9(12)11(13-8)15-2/h4-7H,3,12H2,1-2H3/b7-5+. The van der Waals surface area contributed by atoms with Crippen LogP contribution in [0.15, 0.2) is 18.2 Å². The molecule has 1 aromatic rings. The molecular weight excluding hydrogens is 208 g/mol. The summed E-state index contributed by atoms with van der Waals surface area (Å²) >= 11 is 0. The average molecular weight is 222 g/mol. The number of rotatable bonds is 4. The number of esters is 1. The highest BCUT2D eigenvalue weighted by Crippen LogP contribution is 2.18. The van der Waals surface area contributed by atoms with Crippen LogP contribution in [0, 0.1) is 0 Å². The minimum atomic E-state index is -0.403. The third-order valence-electron chi connectivity index (χ3n) is 1.78. The molecule has 0 saturated heterocycles. The Bertz CT molecular complexity index is 402. The van der Waals surface area contributed by atoms with E-state index < -0.39 is 5.97 Å².